The van der Waals surface area contributed by atoms with Crippen LogP contribution in [0.4, 0.5) is 4.39 Å². The standard InChI is InChI=1S/C13H16ClN3.C8H9F.C8H9NO/c1-3-4-8-13-16-15-10(2)17(13)12-7-5-6-11(14)9-12;1-2-7-4-3-5-8(9)6-7;10-7-9-6-8-4-2-1-3-5-8/h5-7,9H,3-4,8H2,1-2H3;3-6H,2H2,1H3;1-5,7H,6H2,(H,9,10). The number of carbonyl (C=O) groups is 1. The average molecular weight is 509 g/mol. The predicted octanol–water partition coefficient (Wildman–Crippen LogP) is 6.89. The molecule has 4 rings (SSSR count). The summed E-state index contributed by atoms with van der Waals surface area (Å²) in [5.74, 6) is 1.76. The van der Waals surface area contributed by atoms with Gasteiger partial charge in [0.05, 0.1) is 5.69 Å². The van der Waals surface area contributed by atoms with E-state index in [1.807, 2.05) is 74.5 Å². The van der Waals surface area contributed by atoms with Crippen LogP contribution in [0.3, 0.4) is 0 Å². The van der Waals surface area contributed by atoms with Gasteiger partial charge in [0.2, 0.25) is 6.41 Å². The van der Waals surface area contributed by atoms with Gasteiger partial charge in [0.25, 0.3) is 0 Å². The lowest BCUT2D eigenvalue weighted by atomic mass is 10.2. The molecule has 4 aromatic rings. The number of halogens is 2. The van der Waals surface area contributed by atoms with E-state index >= 15 is 0 Å². The van der Waals surface area contributed by atoms with Gasteiger partial charge in [-0.2, -0.15) is 0 Å². The van der Waals surface area contributed by atoms with Crippen LogP contribution in [0.5, 0.6) is 0 Å². The number of aryl methyl sites for hydroxylation is 3. The van der Waals surface area contributed by atoms with Gasteiger partial charge in [-0.1, -0.05) is 80.4 Å². The highest BCUT2D eigenvalue weighted by Crippen LogP contribution is 2.18. The number of nitrogens with zero attached hydrogens (tertiary/aromatic N) is 3. The van der Waals surface area contributed by atoms with Crippen LogP contribution in [0, 0.1) is 12.7 Å². The Morgan fingerprint density at radius 1 is 0.944 bits per heavy atom. The topological polar surface area (TPSA) is 59.8 Å². The third-order valence-electron chi connectivity index (χ3n) is 5.24. The first kappa shape index (κ1) is 28.7. The van der Waals surface area contributed by atoms with Gasteiger partial charge >= 0.3 is 0 Å². The number of hydrogen-bond acceptors (Lipinski definition) is 3. The Morgan fingerprint density at radius 3 is 2.28 bits per heavy atom. The summed E-state index contributed by atoms with van der Waals surface area (Å²) >= 11 is 6.02. The lowest BCUT2D eigenvalue weighted by molar-refractivity contribution is -0.109. The largest absolute Gasteiger partial charge is 0.355 e. The summed E-state index contributed by atoms with van der Waals surface area (Å²) in [6.07, 6.45) is 4.83. The summed E-state index contributed by atoms with van der Waals surface area (Å²) in [6.45, 7) is 6.76. The van der Waals surface area contributed by atoms with Crippen LogP contribution in [-0.4, -0.2) is 21.2 Å². The molecule has 36 heavy (non-hydrogen) atoms. The summed E-state index contributed by atoms with van der Waals surface area (Å²) in [6, 6.07) is 24.2. The quantitative estimate of drug-likeness (QED) is 0.263. The smallest absolute Gasteiger partial charge is 0.207 e. The molecule has 1 amide bonds. The first-order chi connectivity index (χ1) is 17.5. The zero-order chi connectivity index (χ0) is 26.2. The molecule has 0 aliphatic rings. The van der Waals surface area contributed by atoms with E-state index in [2.05, 4.69) is 27.0 Å². The van der Waals surface area contributed by atoms with E-state index in [1.54, 1.807) is 12.1 Å². The fraction of sp³-hybridized carbons (Fsp3) is 0.276. The Labute approximate surface area is 218 Å². The van der Waals surface area contributed by atoms with Gasteiger partial charge < -0.3 is 5.32 Å². The maximum absolute atomic E-state index is 12.4. The second kappa shape index (κ2) is 16.2. The molecule has 0 atom stereocenters. The van der Waals surface area contributed by atoms with Crippen LogP contribution in [-0.2, 0) is 24.2 Å². The number of aromatic nitrogens is 3. The molecule has 1 N–H and O–H groups in total. The van der Waals surface area contributed by atoms with Crippen LogP contribution < -0.4 is 5.32 Å². The van der Waals surface area contributed by atoms with Crippen molar-refractivity contribution in [2.24, 2.45) is 0 Å². The van der Waals surface area contributed by atoms with Gasteiger partial charge in [0.15, 0.2) is 0 Å². The number of carbonyl (C=O) groups excluding carboxylic acids is 1. The van der Waals surface area contributed by atoms with Gasteiger partial charge in [0, 0.05) is 18.0 Å². The average Bonchev–Trinajstić information content (AvgIpc) is 3.27. The summed E-state index contributed by atoms with van der Waals surface area (Å²) in [7, 11) is 0. The molecule has 0 bridgehead atoms. The van der Waals surface area contributed by atoms with Gasteiger partial charge in [-0.3, -0.25) is 9.36 Å². The van der Waals surface area contributed by atoms with Crippen molar-refractivity contribution in [3.63, 3.8) is 0 Å². The van der Waals surface area contributed by atoms with Crippen LogP contribution in [0.1, 0.15) is 49.5 Å². The lowest BCUT2D eigenvalue weighted by Gasteiger charge is -2.08. The van der Waals surface area contributed by atoms with E-state index in [9.17, 15) is 9.18 Å². The number of unbranched alkanes of at least 4 members (excludes halogenated alkanes) is 1. The van der Waals surface area contributed by atoms with Crippen LogP contribution >= 0.6 is 11.6 Å². The minimum Gasteiger partial charge on any atom is -0.355 e. The van der Waals surface area contributed by atoms with Crippen molar-refractivity contribution in [3.05, 3.63) is 112 Å². The lowest BCUT2D eigenvalue weighted by Crippen LogP contribution is -2.09. The van der Waals surface area contributed by atoms with Crippen LogP contribution in [0.2, 0.25) is 5.02 Å². The normalized spacial score (nSPS) is 9.92. The summed E-state index contributed by atoms with van der Waals surface area (Å²) in [5, 5.41) is 11.7. The highest BCUT2D eigenvalue weighted by atomic mass is 35.5. The fourth-order valence-corrected chi connectivity index (χ4v) is 3.55. The zero-order valence-corrected chi connectivity index (χ0v) is 21.9. The minimum absolute atomic E-state index is 0.144. The van der Waals surface area contributed by atoms with Crippen molar-refractivity contribution in [1.82, 2.24) is 20.1 Å². The molecule has 0 radical (unpaired) electrons. The van der Waals surface area contributed by atoms with E-state index in [0.29, 0.717) is 13.0 Å². The summed E-state index contributed by atoms with van der Waals surface area (Å²) in [4.78, 5) is 9.87. The molecular weight excluding hydrogens is 475 g/mol. The molecule has 0 fully saturated rings. The Bertz CT molecular complexity index is 1180. The Kier molecular flexibility index (Phi) is 12.9. The number of amides is 1. The van der Waals surface area contributed by atoms with E-state index in [1.165, 1.54) is 6.07 Å². The van der Waals surface area contributed by atoms with Crippen molar-refractivity contribution >= 4 is 18.0 Å². The Hall–Kier alpha value is -3.51. The Morgan fingerprint density at radius 2 is 1.67 bits per heavy atom. The molecule has 0 unspecified atom stereocenters. The molecule has 3 aromatic carbocycles. The zero-order valence-electron chi connectivity index (χ0n) is 21.1. The molecule has 0 spiro atoms. The van der Waals surface area contributed by atoms with E-state index < -0.39 is 0 Å². The SMILES string of the molecule is CCCCc1nnc(C)n1-c1cccc(Cl)c1.CCc1cccc(F)c1.O=CNCc1ccccc1. The monoisotopic (exact) mass is 508 g/mol. The number of hydrogen-bond donors (Lipinski definition) is 1. The molecule has 0 saturated carbocycles. The van der Waals surface area contributed by atoms with Crippen molar-refractivity contribution in [2.45, 2.75) is 53.0 Å². The second-order valence-electron chi connectivity index (χ2n) is 8.05. The molecular formula is C29H34ClFN4O. The Balaban J connectivity index is 0.000000205. The van der Waals surface area contributed by atoms with Crippen molar-refractivity contribution in [1.29, 1.82) is 0 Å². The molecule has 0 aliphatic carbocycles. The third-order valence-corrected chi connectivity index (χ3v) is 5.48. The predicted molar refractivity (Wildman–Crippen MR) is 145 cm³/mol. The first-order valence-corrected chi connectivity index (χ1v) is 12.5. The number of benzene rings is 3. The van der Waals surface area contributed by atoms with Crippen LogP contribution in [0.15, 0.2) is 78.9 Å². The van der Waals surface area contributed by atoms with Gasteiger partial charge in [-0.25, -0.2) is 4.39 Å². The molecule has 0 aliphatic heterocycles. The minimum atomic E-state index is -0.144. The number of rotatable bonds is 8. The summed E-state index contributed by atoms with van der Waals surface area (Å²) in [5.41, 5.74) is 3.20. The van der Waals surface area contributed by atoms with Gasteiger partial charge in [-0.05, 0) is 61.2 Å². The van der Waals surface area contributed by atoms with E-state index in [4.69, 9.17) is 11.6 Å². The van der Waals surface area contributed by atoms with Crippen molar-refractivity contribution < 1.29 is 9.18 Å². The maximum atomic E-state index is 12.4. The van der Waals surface area contributed by atoms with Gasteiger partial charge in [0.1, 0.15) is 17.5 Å². The maximum Gasteiger partial charge on any atom is 0.207 e. The van der Waals surface area contributed by atoms with Crippen molar-refractivity contribution in [3.8, 4) is 5.69 Å². The van der Waals surface area contributed by atoms with E-state index in [-0.39, 0.29) is 5.82 Å². The van der Waals surface area contributed by atoms with Gasteiger partial charge in [-0.15, -0.1) is 10.2 Å². The molecule has 5 nitrogen and oxygen atoms in total. The van der Waals surface area contributed by atoms with E-state index in [0.717, 1.165) is 59.2 Å². The molecule has 190 valence electrons. The molecule has 1 aromatic heterocycles. The molecule has 0 saturated heterocycles. The molecule has 1 heterocycles. The van der Waals surface area contributed by atoms with Crippen LogP contribution in [0.25, 0.3) is 5.69 Å². The highest BCUT2D eigenvalue weighted by Gasteiger charge is 2.10. The molecule has 7 heteroatoms. The second-order valence-corrected chi connectivity index (χ2v) is 8.49. The third kappa shape index (κ3) is 10.0. The summed E-state index contributed by atoms with van der Waals surface area (Å²) < 4.78 is 14.4. The fourth-order valence-electron chi connectivity index (χ4n) is 3.37. The first-order valence-electron chi connectivity index (χ1n) is 12.1. The van der Waals surface area contributed by atoms with Crippen molar-refractivity contribution in [2.75, 3.05) is 0 Å². The number of nitrogens with one attached hydrogen (secondary N) is 1. The highest BCUT2D eigenvalue weighted by molar-refractivity contribution is 6.30.